The lowest BCUT2D eigenvalue weighted by Gasteiger charge is -2.26. The number of anilines is 1. The van der Waals surface area contributed by atoms with E-state index in [9.17, 15) is 4.79 Å². The second-order valence-electron chi connectivity index (χ2n) is 6.52. The Labute approximate surface area is 152 Å². The number of ether oxygens (including phenoxy) is 1. The molecule has 3 rings (SSSR count). The first kappa shape index (κ1) is 18.1. The molecular weight excluding hydrogens is 336 g/mol. The minimum atomic E-state index is 0.134. The standard InChI is InChI=1S/C18H26N4O2S/c1-4-13(10-24-3)21-16-14-12(2)15(25-17(14)20-11-19-16)18(23)22-8-6-5-7-9-22/h11,13H,4-10H2,1-3H3,(H,19,20,21). The highest BCUT2D eigenvalue weighted by atomic mass is 32.1. The summed E-state index contributed by atoms with van der Waals surface area (Å²) in [6.45, 7) is 6.44. The Hall–Kier alpha value is -1.73. The molecule has 1 aliphatic rings. The summed E-state index contributed by atoms with van der Waals surface area (Å²) >= 11 is 1.47. The van der Waals surface area contributed by atoms with Gasteiger partial charge in [0.2, 0.25) is 0 Å². The molecule has 3 heterocycles. The van der Waals surface area contributed by atoms with Crippen molar-refractivity contribution < 1.29 is 9.53 Å². The first-order valence-electron chi connectivity index (χ1n) is 8.94. The van der Waals surface area contributed by atoms with Crippen LogP contribution in [0.3, 0.4) is 0 Å². The summed E-state index contributed by atoms with van der Waals surface area (Å²) < 4.78 is 5.27. The number of aryl methyl sites for hydroxylation is 1. The molecule has 0 aliphatic carbocycles. The van der Waals surface area contributed by atoms with Crippen LogP contribution in [0.25, 0.3) is 10.2 Å². The molecule has 0 bridgehead atoms. The first-order chi connectivity index (χ1) is 12.2. The quantitative estimate of drug-likeness (QED) is 0.852. The summed E-state index contributed by atoms with van der Waals surface area (Å²) in [5.41, 5.74) is 0.978. The van der Waals surface area contributed by atoms with Crippen LogP contribution in [-0.2, 0) is 4.74 Å². The number of thiophene rings is 1. The zero-order chi connectivity index (χ0) is 17.8. The number of methoxy groups -OCH3 is 1. The third kappa shape index (κ3) is 3.77. The molecule has 1 amide bonds. The number of hydrogen-bond donors (Lipinski definition) is 1. The van der Waals surface area contributed by atoms with Crippen LogP contribution in [0.1, 0.15) is 47.8 Å². The number of hydrogen-bond acceptors (Lipinski definition) is 6. The molecule has 6 nitrogen and oxygen atoms in total. The van der Waals surface area contributed by atoms with E-state index >= 15 is 0 Å². The predicted molar refractivity (Wildman–Crippen MR) is 101 cm³/mol. The van der Waals surface area contributed by atoms with Gasteiger partial charge in [0.05, 0.1) is 22.9 Å². The normalized spacial score (nSPS) is 16.2. The number of carbonyl (C=O) groups excluding carboxylic acids is 1. The molecule has 25 heavy (non-hydrogen) atoms. The highest BCUT2D eigenvalue weighted by Gasteiger charge is 2.25. The fourth-order valence-electron chi connectivity index (χ4n) is 3.28. The van der Waals surface area contributed by atoms with Crippen molar-refractivity contribution in [1.29, 1.82) is 0 Å². The molecule has 1 saturated heterocycles. The van der Waals surface area contributed by atoms with Gasteiger partial charge in [-0.25, -0.2) is 9.97 Å². The number of nitrogens with zero attached hydrogens (tertiary/aromatic N) is 3. The predicted octanol–water partition coefficient (Wildman–Crippen LogP) is 3.46. The monoisotopic (exact) mass is 362 g/mol. The molecule has 2 aromatic rings. The fraction of sp³-hybridized carbons (Fsp3) is 0.611. The maximum Gasteiger partial charge on any atom is 0.264 e. The van der Waals surface area contributed by atoms with Gasteiger partial charge in [-0.3, -0.25) is 4.79 Å². The highest BCUT2D eigenvalue weighted by molar-refractivity contribution is 7.20. The summed E-state index contributed by atoms with van der Waals surface area (Å²) in [4.78, 5) is 25.4. The van der Waals surface area contributed by atoms with Crippen LogP contribution in [0.15, 0.2) is 6.33 Å². The van der Waals surface area contributed by atoms with Gasteiger partial charge in [0.25, 0.3) is 5.91 Å². The number of aromatic nitrogens is 2. The zero-order valence-electron chi connectivity index (χ0n) is 15.2. The van der Waals surface area contributed by atoms with Crippen molar-refractivity contribution in [3.8, 4) is 0 Å². The van der Waals surface area contributed by atoms with Gasteiger partial charge in [0, 0.05) is 20.2 Å². The number of piperidine rings is 1. The Balaban J connectivity index is 1.93. The van der Waals surface area contributed by atoms with Crippen LogP contribution >= 0.6 is 11.3 Å². The molecule has 2 aromatic heterocycles. The SMILES string of the molecule is CCC(COC)Nc1ncnc2sc(C(=O)N3CCCCC3)c(C)c12. The van der Waals surface area contributed by atoms with Gasteiger partial charge in [-0.15, -0.1) is 11.3 Å². The number of likely N-dealkylation sites (tertiary alicyclic amines) is 1. The lowest BCUT2D eigenvalue weighted by Crippen LogP contribution is -2.35. The van der Waals surface area contributed by atoms with Crippen LogP contribution in [0, 0.1) is 6.92 Å². The van der Waals surface area contributed by atoms with Crippen molar-refractivity contribution in [2.45, 2.75) is 45.6 Å². The van der Waals surface area contributed by atoms with Gasteiger partial charge in [0.15, 0.2) is 0 Å². The van der Waals surface area contributed by atoms with Gasteiger partial charge in [-0.1, -0.05) is 6.92 Å². The Morgan fingerprint density at radius 1 is 1.36 bits per heavy atom. The maximum atomic E-state index is 12.9. The molecule has 136 valence electrons. The zero-order valence-corrected chi connectivity index (χ0v) is 16.0. The fourth-order valence-corrected chi connectivity index (χ4v) is 4.40. The van der Waals surface area contributed by atoms with Crippen molar-refractivity contribution in [2.75, 3.05) is 32.1 Å². The second kappa shape index (κ2) is 8.10. The van der Waals surface area contributed by atoms with E-state index in [1.165, 1.54) is 17.8 Å². The summed E-state index contributed by atoms with van der Waals surface area (Å²) in [7, 11) is 1.70. The molecule has 1 unspecified atom stereocenters. The molecule has 1 fully saturated rings. The van der Waals surface area contributed by atoms with E-state index in [-0.39, 0.29) is 11.9 Å². The lowest BCUT2D eigenvalue weighted by molar-refractivity contribution is 0.0728. The van der Waals surface area contributed by atoms with Crippen LogP contribution < -0.4 is 5.32 Å². The molecule has 0 saturated carbocycles. The van der Waals surface area contributed by atoms with Crippen LogP contribution in [0.5, 0.6) is 0 Å². The van der Waals surface area contributed by atoms with Gasteiger partial charge in [0.1, 0.15) is 17.0 Å². The number of amides is 1. The van der Waals surface area contributed by atoms with Crippen molar-refractivity contribution in [1.82, 2.24) is 14.9 Å². The molecule has 0 radical (unpaired) electrons. The summed E-state index contributed by atoms with van der Waals surface area (Å²) in [5, 5.41) is 4.41. The molecule has 1 atom stereocenters. The van der Waals surface area contributed by atoms with Crippen molar-refractivity contribution >= 4 is 33.3 Å². The Bertz CT molecular complexity index is 740. The second-order valence-corrected chi connectivity index (χ2v) is 7.52. The minimum Gasteiger partial charge on any atom is -0.383 e. The van der Waals surface area contributed by atoms with E-state index in [1.807, 2.05) is 11.8 Å². The Morgan fingerprint density at radius 2 is 2.12 bits per heavy atom. The molecule has 0 spiro atoms. The highest BCUT2D eigenvalue weighted by Crippen LogP contribution is 2.34. The van der Waals surface area contributed by atoms with E-state index in [1.54, 1.807) is 13.4 Å². The first-order valence-corrected chi connectivity index (χ1v) is 9.76. The third-order valence-corrected chi connectivity index (χ3v) is 5.95. The summed E-state index contributed by atoms with van der Waals surface area (Å²) in [6.07, 6.45) is 5.90. The van der Waals surface area contributed by atoms with Crippen LogP contribution in [0.4, 0.5) is 5.82 Å². The maximum absolute atomic E-state index is 12.9. The van der Waals surface area contributed by atoms with Crippen molar-refractivity contribution in [3.05, 3.63) is 16.8 Å². The van der Waals surface area contributed by atoms with Gasteiger partial charge in [-0.05, 0) is 38.2 Å². The van der Waals surface area contributed by atoms with Crippen molar-refractivity contribution in [3.63, 3.8) is 0 Å². The number of nitrogens with one attached hydrogen (secondary N) is 1. The number of rotatable bonds is 6. The van der Waals surface area contributed by atoms with Gasteiger partial charge in [-0.2, -0.15) is 0 Å². The van der Waals surface area contributed by atoms with Gasteiger partial charge >= 0.3 is 0 Å². The molecule has 7 heteroatoms. The molecule has 1 N–H and O–H groups in total. The summed E-state index contributed by atoms with van der Waals surface area (Å²) in [5.74, 6) is 0.926. The van der Waals surface area contributed by atoms with E-state index in [0.717, 1.165) is 58.8 Å². The number of fused-ring (bicyclic) bond motifs is 1. The Kier molecular flexibility index (Phi) is 5.86. The summed E-state index contributed by atoms with van der Waals surface area (Å²) in [6, 6.07) is 0.184. The molecule has 1 aliphatic heterocycles. The van der Waals surface area contributed by atoms with E-state index < -0.39 is 0 Å². The average molecular weight is 362 g/mol. The van der Waals surface area contributed by atoms with E-state index in [4.69, 9.17) is 4.74 Å². The van der Waals surface area contributed by atoms with Crippen molar-refractivity contribution in [2.24, 2.45) is 0 Å². The molecular formula is C18H26N4O2S. The minimum absolute atomic E-state index is 0.134. The number of carbonyl (C=O) groups is 1. The lowest BCUT2D eigenvalue weighted by atomic mass is 10.1. The van der Waals surface area contributed by atoms with Crippen LogP contribution in [-0.4, -0.2) is 53.6 Å². The third-order valence-electron chi connectivity index (χ3n) is 4.77. The largest absolute Gasteiger partial charge is 0.383 e. The van der Waals surface area contributed by atoms with Gasteiger partial charge < -0.3 is 15.0 Å². The Morgan fingerprint density at radius 3 is 2.80 bits per heavy atom. The topological polar surface area (TPSA) is 67.3 Å². The van der Waals surface area contributed by atoms with Crippen LogP contribution in [0.2, 0.25) is 0 Å². The molecule has 0 aromatic carbocycles. The van der Waals surface area contributed by atoms with E-state index in [0.29, 0.717) is 6.61 Å². The smallest absolute Gasteiger partial charge is 0.264 e. The van der Waals surface area contributed by atoms with E-state index in [2.05, 4.69) is 22.2 Å². The average Bonchev–Trinajstić information content (AvgIpc) is 2.99.